The van der Waals surface area contributed by atoms with Crippen LogP contribution in [0.5, 0.6) is 0 Å². The molecule has 7 nitrogen and oxygen atoms in total. The molecule has 35 heavy (non-hydrogen) atoms. The molecule has 2 aliphatic heterocycles. The van der Waals surface area contributed by atoms with Crippen molar-refractivity contribution in [2.45, 2.75) is 52.5 Å². The van der Waals surface area contributed by atoms with Gasteiger partial charge in [-0.3, -0.25) is 9.59 Å². The van der Waals surface area contributed by atoms with E-state index >= 15 is 0 Å². The van der Waals surface area contributed by atoms with E-state index in [2.05, 4.69) is 41.5 Å². The summed E-state index contributed by atoms with van der Waals surface area (Å²) in [6, 6.07) is 16.4. The maximum Gasteiger partial charge on any atom is 0.274 e. The summed E-state index contributed by atoms with van der Waals surface area (Å²) in [5, 5.41) is 3.07. The molecule has 3 heterocycles. The number of fused-ring (bicyclic) bond motifs is 1. The monoisotopic (exact) mass is 472 g/mol. The number of hydrogen-bond donors (Lipinski definition) is 1. The van der Waals surface area contributed by atoms with Gasteiger partial charge >= 0.3 is 0 Å². The van der Waals surface area contributed by atoms with E-state index in [1.165, 1.54) is 11.1 Å². The average molecular weight is 473 g/mol. The van der Waals surface area contributed by atoms with Gasteiger partial charge in [-0.25, -0.2) is 4.98 Å². The largest absolute Gasteiger partial charge is 0.365 e. The Morgan fingerprint density at radius 1 is 1.06 bits per heavy atom. The lowest BCUT2D eigenvalue weighted by molar-refractivity contribution is -0.126. The number of benzene rings is 2. The number of ether oxygens (including phenoxy) is 1. The van der Waals surface area contributed by atoms with Gasteiger partial charge in [0.2, 0.25) is 5.91 Å². The molecule has 0 unspecified atom stereocenters. The molecule has 0 spiro atoms. The zero-order chi connectivity index (χ0) is 24.4. The maximum atomic E-state index is 13.2. The Morgan fingerprint density at radius 2 is 1.80 bits per heavy atom. The summed E-state index contributed by atoms with van der Waals surface area (Å²) in [6.45, 7) is 6.77. The molecule has 0 radical (unpaired) electrons. The molecule has 1 atom stereocenters. The van der Waals surface area contributed by atoms with Gasteiger partial charge < -0.3 is 19.5 Å². The summed E-state index contributed by atoms with van der Waals surface area (Å²) in [5.41, 5.74) is 5.95. The molecule has 0 bridgehead atoms. The Labute approximate surface area is 206 Å². The maximum absolute atomic E-state index is 13.2. The van der Waals surface area contributed by atoms with Gasteiger partial charge in [0.1, 0.15) is 6.10 Å². The third kappa shape index (κ3) is 5.00. The Morgan fingerprint density at radius 3 is 2.54 bits per heavy atom. The molecule has 2 amide bonds. The number of amides is 2. The fourth-order valence-electron chi connectivity index (χ4n) is 4.92. The highest BCUT2D eigenvalue weighted by Crippen LogP contribution is 2.29. The van der Waals surface area contributed by atoms with Crippen LogP contribution in [0.1, 0.15) is 57.4 Å². The van der Waals surface area contributed by atoms with Crippen molar-refractivity contribution in [1.29, 1.82) is 0 Å². The Balaban J connectivity index is 1.16. The SMILES string of the molecule is Cc1ccc([C@@H]2Cn3cnc(C(=O)N4CCC(C(=O)NCc5ccccc5C)CC4)c3CO2)cc1. The minimum absolute atomic E-state index is 0.0471. The fourth-order valence-corrected chi connectivity index (χ4v) is 4.92. The van der Waals surface area contributed by atoms with Crippen molar-refractivity contribution in [1.82, 2.24) is 19.8 Å². The van der Waals surface area contributed by atoms with Crippen LogP contribution < -0.4 is 5.32 Å². The van der Waals surface area contributed by atoms with Crippen LogP contribution in [-0.4, -0.2) is 39.4 Å². The van der Waals surface area contributed by atoms with E-state index in [0.29, 0.717) is 51.3 Å². The molecule has 1 N–H and O–H groups in total. The summed E-state index contributed by atoms with van der Waals surface area (Å²) >= 11 is 0. The zero-order valence-electron chi connectivity index (χ0n) is 20.4. The van der Waals surface area contributed by atoms with Gasteiger partial charge in [-0.15, -0.1) is 0 Å². The second-order valence-corrected chi connectivity index (χ2v) is 9.61. The second-order valence-electron chi connectivity index (χ2n) is 9.61. The van der Waals surface area contributed by atoms with Crippen molar-refractivity contribution in [2.75, 3.05) is 13.1 Å². The lowest BCUT2D eigenvalue weighted by Crippen LogP contribution is -2.43. The first-order valence-electron chi connectivity index (χ1n) is 12.3. The number of imidazole rings is 1. The van der Waals surface area contributed by atoms with Crippen molar-refractivity contribution >= 4 is 11.8 Å². The number of likely N-dealkylation sites (tertiary alicyclic amines) is 1. The number of hydrogen-bond acceptors (Lipinski definition) is 4. The Bertz CT molecular complexity index is 1210. The fraction of sp³-hybridized carbons (Fsp3) is 0.393. The van der Waals surface area contributed by atoms with Gasteiger partial charge in [-0.2, -0.15) is 0 Å². The molecule has 2 aromatic carbocycles. The third-order valence-corrected chi connectivity index (χ3v) is 7.25. The van der Waals surface area contributed by atoms with E-state index < -0.39 is 0 Å². The number of aromatic nitrogens is 2. The van der Waals surface area contributed by atoms with Crippen LogP contribution in [0.3, 0.4) is 0 Å². The molecule has 7 heteroatoms. The van der Waals surface area contributed by atoms with Crippen molar-refractivity contribution in [3.63, 3.8) is 0 Å². The number of rotatable bonds is 5. The predicted octanol–water partition coefficient (Wildman–Crippen LogP) is 3.94. The van der Waals surface area contributed by atoms with Crippen LogP contribution in [-0.2, 0) is 29.2 Å². The molecule has 1 saturated heterocycles. The molecule has 3 aromatic rings. The number of nitrogens with zero attached hydrogens (tertiary/aromatic N) is 3. The summed E-state index contributed by atoms with van der Waals surface area (Å²) in [6.07, 6.45) is 3.02. The van der Waals surface area contributed by atoms with Crippen LogP contribution in [0.4, 0.5) is 0 Å². The third-order valence-electron chi connectivity index (χ3n) is 7.25. The van der Waals surface area contributed by atoms with Crippen molar-refractivity contribution < 1.29 is 14.3 Å². The molecule has 0 aliphatic carbocycles. The molecule has 1 aromatic heterocycles. The highest BCUT2D eigenvalue weighted by molar-refractivity contribution is 5.93. The Kier molecular flexibility index (Phi) is 6.68. The van der Waals surface area contributed by atoms with Crippen LogP contribution >= 0.6 is 0 Å². The van der Waals surface area contributed by atoms with Crippen molar-refractivity contribution in [3.05, 3.63) is 88.5 Å². The average Bonchev–Trinajstić information content (AvgIpc) is 3.31. The van der Waals surface area contributed by atoms with Crippen molar-refractivity contribution in [3.8, 4) is 0 Å². The molecular weight excluding hydrogens is 440 g/mol. The first-order valence-corrected chi connectivity index (χ1v) is 12.3. The lowest BCUT2D eigenvalue weighted by atomic mass is 9.95. The van der Waals surface area contributed by atoms with Crippen LogP contribution in [0.2, 0.25) is 0 Å². The second kappa shape index (κ2) is 10.0. The summed E-state index contributed by atoms with van der Waals surface area (Å²) in [4.78, 5) is 32.2. The first-order chi connectivity index (χ1) is 17.0. The van der Waals surface area contributed by atoms with E-state index in [9.17, 15) is 9.59 Å². The van der Waals surface area contributed by atoms with E-state index in [0.717, 1.165) is 16.8 Å². The number of aryl methyl sites for hydroxylation is 2. The standard InChI is InChI=1S/C28H32N4O3/c1-19-7-9-21(10-8-19)25-16-32-18-30-26(24(32)17-35-25)28(34)31-13-11-22(12-14-31)27(33)29-15-23-6-4-3-5-20(23)2/h3-10,18,22,25H,11-17H2,1-2H3,(H,29,33)/t25-/m0/s1. The summed E-state index contributed by atoms with van der Waals surface area (Å²) < 4.78 is 8.14. The molecule has 182 valence electrons. The highest BCUT2D eigenvalue weighted by atomic mass is 16.5. The quantitative estimate of drug-likeness (QED) is 0.610. The first kappa shape index (κ1) is 23.3. The summed E-state index contributed by atoms with van der Waals surface area (Å²) in [7, 11) is 0. The van der Waals surface area contributed by atoms with Gasteiger partial charge in [0.25, 0.3) is 5.91 Å². The number of piperidine rings is 1. The number of carbonyl (C=O) groups is 2. The number of carbonyl (C=O) groups excluding carboxylic acids is 2. The van der Waals surface area contributed by atoms with E-state index in [1.54, 1.807) is 6.33 Å². The van der Waals surface area contributed by atoms with Crippen LogP contribution in [0.25, 0.3) is 0 Å². The topological polar surface area (TPSA) is 76.5 Å². The normalized spacial score (nSPS) is 18.2. The Hall–Kier alpha value is -3.45. The highest BCUT2D eigenvalue weighted by Gasteiger charge is 2.32. The minimum Gasteiger partial charge on any atom is -0.365 e. The number of nitrogens with one attached hydrogen (secondary N) is 1. The molecule has 0 saturated carbocycles. The van der Waals surface area contributed by atoms with E-state index in [1.807, 2.05) is 40.7 Å². The van der Waals surface area contributed by atoms with E-state index in [4.69, 9.17) is 4.74 Å². The minimum atomic E-state index is -0.0742. The lowest BCUT2D eigenvalue weighted by Gasteiger charge is -2.31. The predicted molar refractivity (Wildman–Crippen MR) is 133 cm³/mol. The van der Waals surface area contributed by atoms with E-state index in [-0.39, 0.29) is 23.8 Å². The van der Waals surface area contributed by atoms with Gasteiger partial charge in [0, 0.05) is 25.6 Å². The molecule has 5 rings (SSSR count). The summed E-state index contributed by atoms with van der Waals surface area (Å²) in [5.74, 6) is -0.0808. The zero-order valence-corrected chi connectivity index (χ0v) is 20.4. The van der Waals surface area contributed by atoms with Gasteiger partial charge in [-0.1, -0.05) is 54.1 Å². The van der Waals surface area contributed by atoms with Gasteiger partial charge in [-0.05, 0) is 43.4 Å². The van der Waals surface area contributed by atoms with Crippen LogP contribution in [0.15, 0.2) is 54.9 Å². The molecular formula is C28H32N4O3. The van der Waals surface area contributed by atoms with Gasteiger partial charge in [0.15, 0.2) is 5.69 Å². The smallest absolute Gasteiger partial charge is 0.274 e. The molecule has 1 fully saturated rings. The van der Waals surface area contributed by atoms with Gasteiger partial charge in [0.05, 0.1) is 25.2 Å². The van der Waals surface area contributed by atoms with Crippen LogP contribution in [0, 0.1) is 19.8 Å². The van der Waals surface area contributed by atoms with Crippen molar-refractivity contribution in [2.24, 2.45) is 5.92 Å². The molecule has 2 aliphatic rings.